The zero-order valence-electron chi connectivity index (χ0n) is 13.1. The Bertz CT molecular complexity index is 506. The van der Waals surface area contributed by atoms with Crippen LogP contribution in [0, 0.1) is 0 Å². The summed E-state index contributed by atoms with van der Waals surface area (Å²) in [5.74, 6) is 0. The first-order valence-corrected chi connectivity index (χ1v) is 7.94. The van der Waals surface area contributed by atoms with Crippen LogP contribution in [0.5, 0.6) is 0 Å². The molecule has 3 heteroatoms. The predicted octanol–water partition coefficient (Wildman–Crippen LogP) is 4.80. The van der Waals surface area contributed by atoms with E-state index in [0.717, 1.165) is 24.4 Å². The maximum absolute atomic E-state index is 5.97. The highest BCUT2D eigenvalue weighted by Crippen LogP contribution is 2.23. The Morgan fingerprint density at radius 1 is 1.33 bits per heavy atom. The number of hydrogen-bond donors (Lipinski definition) is 0. The van der Waals surface area contributed by atoms with E-state index in [1.165, 1.54) is 11.3 Å². The zero-order chi connectivity index (χ0) is 15.2. The quantitative estimate of drug-likeness (QED) is 0.748. The summed E-state index contributed by atoms with van der Waals surface area (Å²) in [5, 5.41) is 0.786. The number of methoxy groups -OCH3 is 1. The van der Waals surface area contributed by atoms with Crippen LogP contribution >= 0.6 is 11.6 Å². The van der Waals surface area contributed by atoms with Gasteiger partial charge in [0.05, 0.1) is 6.10 Å². The molecule has 0 bridgehead atoms. The van der Waals surface area contributed by atoms with Gasteiger partial charge in [0.25, 0.3) is 0 Å². The first-order chi connectivity index (χ1) is 10.1. The monoisotopic (exact) mass is 305 g/mol. The van der Waals surface area contributed by atoms with Gasteiger partial charge >= 0.3 is 0 Å². The molecule has 0 N–H and O–H groups in total. The van der Waals surface area contributed by atoms with E-state index < -0.39 is 0 Å². The maximum Gasteiger partial charge on any atom is 0.0791 e. The third-order valence-electron chi connectivity index (χ3n) is 4.06. The van der Waals surface area contributed by atoms with E-state index in [0.29, 0.717) is 6.04 Å². The van der Waals surface area contributed by atoms with Gasteiger partial charge in [0.2, 0.25) is 0 Å². The average Bonchev–Trinajstić information content (AvgIpc) is 2.54. The van der Waals surface area contributed by atoms with Crippen molar-refractivity contribution in [3.05, 3.63) is 58.8 Å². The summed E-state index contributed by atoms with van der Waals surface area (Å²) in [6.45, 7) is 5.40. The summed E-state index contributed by atoms with van der Waals surface area (Å²) in [5.41, 5.74) is 2.57. The van der Waals surface area contributed by atoms with Crippen LogP contribution in [-0.4, -0.2) is 24.2 Å². The van der Waals surface area contributed by atoms with Crippen molar-refractivity contribution >= 4 is 11.6 Å². The van der Waals surface area contributed by atoms with E-state index in [9.17, 15) is 0 Å². The van der Waals surface area contributed by atoms with Crippen molar-refractivity contribution in [2.24, 2.45) is 0 Å². The second-order valence-electron chi connectivity index (χ2n) is 5.51. The minimum absolute atomic E-state index is 0.211. The summed E-state index contributed by atoms with van der Waals surface area (Å²) in [4.78, 5) is 2.45. The van der Waals surface area contributed by atoms with Crippen molar-refractivity contribution in [3.8, 4) is 0 Å². The molecule has 0 spiro atoms. The van der Waals surface area contributed by atoms with Gasteiger partial charge in [0, 0.05) is 30.4 Å². The molecule has 21 heavy (non-hydrogen) atoms. The molecule has 0 saturated heterocycles. The number of allylic oxidation sites excluding steroid dienone is 1. The number of hydrogen-bond acceptors (Lipinski definition) is 2. The molecule has 1 aliphatic rings. The minimum Gasteiger partial charge on any atom is -0.377 e. The maximum atomic E-state index is 5.97. The molecule has 2 atom stereocenters. The van der Waals surface area contributed by atoms with Crippen LogP contribution < -0.4 is 0 Å². The standard InChI is InChI=1S/C18H24ClNO/c1-4-14(2)20(13-15-5-7-16(19)8-6-15)17-9-11-18(21-3)12-10-17/h5-11,14,18H,4,12-13H2,1-3H3. The van der Waals surface area contributed by atoms with Crippen LogP contribution in [-0.2, 0) is 11.3 Å². The topological polar surface area (TPSA) is 12.5 Å². The van der Waals surface area contributed by atoms with Gasteiger partial charge < -0.3 is 9.64 Å². The molecule has 0 fully saturated rings. The normalized spacial score (nSPS) is 19.2. The molecule has 0 heterocycles. The molecular weight excluding hydrogens is 282 g/mol. The summed E-state index contributed by atoms with van der Waals surface area (Å²) in [6.07, 6.45) is 8.87. The van der Waals surface area contributed by atoms with Crippen LogP contribution in [0.1, 0.15) is 32.3 Å². The number of rotatable bonds is 6. The largest absolute Gasteiger partial charge is 0.377 e. The Balaban J connectivity index is 2.14. The lowest BCUT2D eigenvalue weighted by Gasteiger charge is -2.33. The molecule has 0 amide bonds. The van der Waals surface area contributed by atoms with Crippen molar-refractivity contribution in [2.75, 3.05) is 7.11 Å². The molecule has 0 saturated carbocycles. The van der Waals surface area contributed by atoms with Gasteiger partial charge in [-0.1, -0.05) is 42.8 Å². The van der Waals surface area contributed by atoms with Gasteiger partial charge in [-0.3, -0.25) is 0 Å². The van der Waals surface area contributed by atoms with E-state index in [2.05, 4.69) is 49.1 Å². The number of ether oxygens (including phenoxy) is 1. The summed E-state index contributed by atoms with van der Waals surface area (Å²) in [7, 11) is 1.76. The fourth-order valence-electron chi connectivity index (χ4n) is 2.49. The molecular formula is C18H24ClNO. The molecule has 0 aromatic heterocycles. The molecule has 2 rings (SSSR count). The lowest BCUT2D eigenvalue weighted by molar-refractivity contribution is 0.140. The second kappa shape index (κ2) is 7.67. The van der Waals surface area contributed by atoms with Gasteiger partial charge in [-0.2, -0.15) is 0 Å². The number of halogens is 1. The van der Waals surface area contributed by atoms with Gasteiger partial charge in [-0.05, 0) is 43.5 Å². The lowest BCUT2D eigenvalue weighted by atomic mass is 10.1. The first-order valence-electron chi connectivity index (χ1n) is 7.56. The molecule has 1 aromatic carbocycles. The zero-order valence-corrected chi connectivity index (χ0v) is 13.8. The van der Waals surface area contributed by atoms with Crippen molar-refractivity contribution in [2.45, 2.75) is 45.4 Å². The fraction of sp³-hybridized carbons (Fsp3) is 0.444. The number of benzene rings is 1. The minimum atomic E-state index is 0.211. The fourth-order valence-corrected chi connectivity index (χ4v) is 2.61. The van der Waals surface area contributed by atoms with Gasteiger partial charge in [-0.25, -0.2) is 0 Å². The third-order valence-corrected chi connectivity index (χ3v) is 4.32. The summed E-state index contributed by atoms with van der Waals surface area (Å²) in [6, 6.07) is 8.61. The highest BCUT2D eigenvalue weighted by molar-refractivity contribution is 6.30. The second-order valence-corrected chi connectivity index (χ2v) is 5.95. The van der Waals surface area contributed by atoms with E-state index in [-0.39, 0.29) is 6.10 Å². The first kappa shape index (κ1) is 16.1. The van der Waals surface area contributed by atoms with E-state index in [4.69, 9.17) is 16.3 Å². The summed E-state index contributed by atoms with van der Waals surface area (Å²) >= 11 is 5.97. The summed E-state index contributed by atoms with van der Waals surface area (Å²) < 4.78 is 5.37. The number of nitrogens with zero attached hydrogens (tertiary/aromatic N) is 1. The molecule has 114 valence electrons. The van der Waals surface area contributed by atoms with Crippen molar-refractivity contribution in [3.63, 3.8) is 0 Å². The van der Waals surface area contributed by atoms with E-state index in [1.54, 1.807) is 7.11 Å². The highest BCUT2D eigenvalue weighted by Gasteiger charge is 2.17. The predicted molar refractivity (Wildman–Crippen MR) is 89.4 cm³/mol. The molecule has 2 nitrogen and oxygen atoms in total. The Hall–Kier alpha value is -1.25. The van der Waals surface area contributed by atoms with Gasteiger partial charge in [0.1, 0.15) is 0 Å². The molecule has 1 aliphatic carbocycles. The van der Waals surface area contributed by atoms with Gasteiger partial charge in [-0.15, -0.1) is 0 Å². The van der Waals surface area contributed by atoms with Crippen LogP contribution in [0.25, 0.3) is 0 Å². The van der Waals surface area contributed by atoms with E-state index in [1.807, 2.05) is 12.1 Å². The average molecular weight is 306 g/mol. The van der Waals surface area contributed by atoms with Crippen molar-refractivity contribution in [1.29, 1.82) is 0 Å². The molecule has 2 unspecified atom stereocenters. The van der Waals surface area contributed by atoms with Crippen molar-refractivity contribution < 1.29 is 4.74 Å². The Kier molecular flexibility index (Phi) is 5.89. The molecule has 0 radical (unpaired) electrons. The highest BCUT2D eigenvalue weighted by atomic mass is 35.5. The molecule has 0 aliphatic heterocycles. The van der Waals surface area contributed by atoms with E-state index >= 15 is 0 Å². The van der Waals surface area contributed by atoms with Crippen LogP contribution in [0.3, 0.4) is 0 Å². The molecule has 1 aromatic rings. The van der Waals surface area contributed by atoms with Crippen molar-refractivity contribution in [1.82, 2.24) is 4.90 Å². The van der Waals surface area contributed by atoms with Crippen LogP contribution in [0.2, 0.25) is 5.02 Å². The lowest BCUT2D eigenvalue weighted by Crippen LogP contribution is -2.32. The SMILES string of the molecule is CCC(C)N(Cc1ccc(Cl)cc1)C1=CCC(OC)C=C1. The third kappa shape index (κ3) is 4.36. The Morgan fingerprint density at radius 3 is 2.57 bits per heavy atom. The van der Waals surface area contributed by atoms with Gasteiger partial charge in [0.15, 0.2) is 0 Å². The van der Waals surface area contributed by atoms with Crippen LogP contribution in [0.15, 0.2) is 48.2 Å². The smallest absolute Gasteiger partial charge is 0.0791 e. The Labute approximate surface area is 133 Å². The Morgan fingerprint density at radius 2 is 2.05 bits per heavy atom. The van der Waals surface area contributed by atoms with Crippen LogP contribution in [0.4, 0.5) is 0 Å².